The fourth-order valence-electron chi connectivity index (χ4n) is 1.97. The molecule has 0 aliphatic rings. The summed E-state index contributed by atoms with van der Waals surface area (Å²) in [4.78, 5) is 6.45. The van der Waals surface area contributed by atoms with Crippen LogP contribution in [0, 0.1) is 0 Å². The summed E-state index contributed by atoms with van der Waals surface area (Å²) >= 11 is 8.70. The molecule has 2 rings (SSSR count). The van der Waals surface area contributed by atoms with E-state index in [1.807, 2.05) is 24.3 Å². The number of hydrogen-bond donors (Lipinski definition) is 2. The van der Waals surface area contributed by atoms with Gasteiger partial charge in [-0.15, -0.1) is 25.3 Å². The highest BCUT2D eigenvalue weighted by Crippen LogP contribution is 2.26. The van der Waals surface area contributed by atoms with Gasteiger partial charge >= 0.3 is 0 Å². The van der Waals surface area contributed by atoms with Crippen LogP contribution in [0.25, 0.3) is 0 Å². The van der Waals surface area contributed by atoms with Crippen LogP contribution >= 0.6 is 25.3 Å². The van der Waals surface area contributed by atoms with Crippen LogP contribution in [-0.2, 0) is 0 Å². The molecular weight excluding hydrogens is 284 g/mol. The Balaban J connectivity index is 2.28. The molecule has 2 aromatic carbocycles. The van der Waals surface area contributed by atoms with E-state index in [1.54, 1.807) is 0 Å². The van der Waals surface area contributed by atoms with Gasteiger partial charge in [0.05, 0.1) is 0 Å². The normalized spacial score (nSPS) is 10.8. The van der Waals surface area contributed by atoms with Crippen LogP contribution in [0.1, 0.15) is 0 Å². The highest BCUT2D eigenvalue weighted by atomic mass is 32.1. The summed E-state index contributed by atoms with van der Waals surface area (Å²) in [6.45, 7) is 1.93. The van der Waals surface area contributed by atoms with Crippen molar-refractivity contribution in [2.75, 3.05) is 32.1 Å². The van der Waals surface area contributed by atoms with Crippen LogP contribution in [0.5, 0.6) is 0 Å². The smallest absolute Gasteiger partial charge is 0.0411 e. The van der Waals surface area contributed by atoms with Crippen molar-refractivity contribution in [3.8, 4) is 0 Å². The molecule has 20 heavy (non-hydrogen) atoms. The van der Waals surface area contributed by atoms with Gasteiger partial charge in [-0.2, -0.15) is 0 Å². The van der Waals surface area contributed by atoms with Crippen molar-refractivity contribution in [1.29, 1.82) is 0 Å². The van der Waals surface area contributed by atoms with Crippen molar-refractivity contribution in [3.63, 3.8) is 0 Å². The summed E-state index contributed by atoms with van der Waals surface area (Å²) in [6, 6.07) is 16.5. The Bertz CT molecular complexity index is 490. The molecule has 0 spiro atoms. The maximum atomic E-state index is 4.35. The lowest BCUT2D eigenvalue weighted by Gasteiger charge is -2.26. The Hall–Kier alpha value is -1.10. The van der Waals surface area contributed by atoms with Gasteiger partial charge in [0.15, 0.2) is 0 Å². The van der Waals surface area contributed by atoms with E-state index in [1.165, 1.54) is 11.4 Å². The predicted molar refractivity (Wildman–Crippen MR) is 92.9 cm³/mol. The summed E-state index contributed by atoms with van der Waals surface area (Å²) in [7, 11) is 4.18. The number of thiol groups is 2. The highest BCUT2D eigenvalue weighted by Gasteiger charge is 2.09. The Morgan fingerprint density at radius 3 is 1.45 bits per heavy atom. The Kier molecular flexibility index (Phi) is 5.40. The standard InChI is InChI=1S/C16H20N2S2/c1-17(2)11-12-18(13-3-7-15(19)8-4-13)14-5-9-16(20)10-6-14/h3-10,19-20H,11-12H2,1-2H3. The van der Waals surface area contributed by atoms with Crippen molar-refractivity contribution >= 4 is 36.6 Å². The molecule has 0 aliphatic heterocycles. The van der Waals surface area contributed by atoms with Crippen LogP contribution in [0.3, 0.4) is 0 Å². The molecule has 2 aromatic rings. The SMILES string of the molecule is CN(C)CCN(c1ccc(S)cc1)c1ccc(S)cc1. The minimum atomic E-state index is 0.935. The van der Waals surface area contributed by atoms with E-state index < -0.39 is 0 Å². The average Bonchev–Trinajstić information content (AvgIpc) is 2.42. The van der Waals surface area contributed by atoms with Crippen LogP contribution in [-0.4, -0.2) is 32.1 Å². The van der Waals surface area contributed by atoms with E-state index in [0.717, 1.165) is 22.9 Å². The fraction of sp³-hybridized carbons (Fsp3) is 0.250. The second-order valence-electron chi connectivity index (χ2n) is 4.99. The zero-order valence-electron chi connectivity index (χ0n) is 11.8. The Morgan fingerprint density at radius 2 is 1.10 bits per heavy atom. The van der Waals surface area contributed by atoms with Crippen molar-refractivity contribution in [2.24, 2.45) is 0 Å². The lowest BCUT2D eigenvalue weighted by Crippen LogP contribution is -2.28. The first-order valence-corrected chi connectivity index (χ1v) is 7.46. The summed E-state index contributed by atoms with van der Waals surface area (Å²) in [5, 5.41) is 0. The molecule has 0 heterocycles. The molecule has 0 atom stereocenters. The molecule has 0 fully saturated rings. The molecule has 4 heteroatoms. The van der Waals surface area contributed by atoms with Gasteiger partial charge in [0.25, 0.3) is 0 Å². The van der Waals surface area contributed by atoms with Crippen molar-refractivity contribution < 1.29 is 0 Å². The van der Waals surface area contributed by atoms with Gasteiger partial charge in [-0.1, -0.05) is 0 Å². The fourth-order valence-corrected chi connectivity index (χ4v) is 2.27. The summed E-state index contributed by atoms with van der Waals surface area (Å²) in [5.74, 6) is 0. The van der Waals surface area contributed by atoms with Gasteiger partial charge in [-0.3, -0.25) is 0 Å². The second-order valence-corrected chi connectivity index (χ2v) is 6.02. The van der Waals surface area contributed by atoms with Gasteiger partial charge in [-0.05, 0) is 62.6 Å². The van der Waals surface area contributed by atoms with E-state index in [2.05, 4.69) is 73.4 Å². The maximum Gasteiger partial charge on any atom is 0.0411 e. The highest BCUT2D eigenvalue weighted by molar-refractivity contribution is 7.80. The molecule has 0 unspecified atom stereocenters. The maximum absolute atomic E-state index is 4.35. The van der Waals surface area contributed by atoms with Gasteiger partial charge in [0.1, 0.15) is 0 Å². The molecule has 0 amide bonds. The number of rotatable bonds is 5. The number of anilines is 2. The molecule has 0 aliphatic carbocycles. The summed E-state index contributed by atoms with van der Waals surface area (Å²) < 4.78 is 0. The Morgan fingerprint density at radius 1 is 0.700 bits per heavy atom. The summed E-state index contributed by atoms with van der Waals surface area (Å²) in [5.41, 5.74) is 2.35. The molecule has 0 saturated carbocycles. The summed E-state index contributed by atoms with van der Waals surface area (Å²) in [6.07, 6.45) is 0. The van der Waals surface area contributed by atoms with Gasteiger partial charge < -0.3 is 9.80 Å². The van der Waals surface area contributed by atoms with Crippen LogP contribution < -0.4 is 4.90 Å². The molecule has 0 bridgehead atoms. The quantitative estimate of drug-likeness (QED) is 0.807. The number of hydrogen-bond acceptors (Lipinski definition) is 4. The topological polar surface area (TPSA) is 6.48 Å². The van der Waals surface area contributed by atoms with Crippen LogP contribution in [0.2, 0.25) is 0 Å². The monoisotopic (exact) mass is 304 g/mol. The van der Waals surface area contributed by atoms with Gasteiger partial charge in [0, 0.05) is 34.3 Å². The predicted octanol–water partition coefficient (Wildman–Crippen LogP) is 3.96. The molecule has 106 valence electrons. The first kappa shape index (κ1) is 15.3. The van der Waals surface area contributed by atoms with E-state index in [-0.39, 0.29) is 0 Å². The third kappa shape index (κ3) is 4.20. The number of likely N-dealkylation sites (N-methyl/N-ethyl adjacent to an activating group) is 1. The second kappa shape index (κ2) is 7.07. The van der Waals surface area contributed by atoms with E-state index in [4.69, 9.17) is 0 Å². The number of benzene rings is 2. The van der Waals surface area contributed by atoms with Crippen molar-refractivity contribution in [1.82, 2.24) is 4.90 Å². The van der Waals surface area contributed by atoms with Crippen LogP contribution in [0.4, 0.5) is 11.4 Å². The lowest BCUT2D eigenvalue weighted by atomic mass is 10.2. The van der Waals surface area contributed by atoms with E-state index in [0.29, 0.717) is 0 Å². The zero-order chi connectivity index (χ0) is 14.5. The molecule has 0 saturated heterocycles. The third-order valence-electron chi connectivity index (χ3n) is 3.09. The lowest BCUT2D eigenvalue weighted by molar-refractivity contribution is 0.419. The average molecular weight is 304 g/mol. The van der Waals surface area contributed by atoms with Crippen LogP contribution in [0.15, 0.2) is 58.3 Å². The van der Waals surface area contributed by atoms with Crippen molar-refractivity contribution in [3.05, 3.63) is 48.5 Å². The van der Waals surface area contributed by atoms with Crippen molar-refractivity contribution in [2.45, 2.75) is 9.79 Å². The Labute approximate surface area is 132 Å². The van der Waals surface area contributed by atoms with E-state index in [9.17, 15) is 0 Å². The van der Waals surface area contributed by atoms with E-state index >= 15 is 0 Å². The number of nitrogens with zero attached hydrogens (tertiary/aromatic N) is 2. The minimum Gasteiger partial charge on any atom is -0.340 e. The first-order chi connectivity index (χ1) is 9.56. The molecule has 0 N–H and O–H groups in total. The first-order valence-electron chi connectivity index (χ1n) is 6.56. The van der Waals surface area contributed by atoms with Gasteiger partial charge in [0.2, 0.25) is 0 Å². The molecular formula is C16H20N2S2. The zero-order valence-corrected chi connectivity index (χ0v) is 13.6. The molecule has 0 aromatic heterocycles. The minimum absolute atomic E-state index is 0.935. The largest absolute Gasteiger partial charge is 0.340 e. The third-order valence-corrected chi connectivity index (χ3v) is 3.69. The molecule has 2 nitrogen and oxygen atoms in total. The van der Waals surface area contributed by atoms with Gasteiger partial charge in [-0.25, -0.2) is 0 Å². The molecule has 0 radical (unpaired) electrons.